The summed E-state index contributed by atoms with van der Waals surface area (Å²) >= 11 is 0. The Morgan fingerprint density at radius 3 is 2.81 bits per heavy atom. The van der Waals surface area contributed by atoms with Gasteiger partial charge >= 0.3 is 6.18 Å². The number of hydrogen-bond donors (Lipinski definition) is 1. The second-order valence-electron chi connectivity index (χ2n) is 7.75. The summed E-state index contributed by atoms with van der Waals surface area (Å²) in [4.78, 5) is 18.0. The van der Waals surface area contributed by atoms with Crippen molar-refractivity contribution in [3.05, 3.63) is 71.8 Å². The minimum absolute atomic E-state index is 0.207. The fourth-order valence-electron chi connectivity index (χ4n) is 3.79. The maximum atomic E-state index is 12.7. The summed E-state index contributed by atoms with van der Waals surface area (Å²) in [7, 11) is 1.83. The van der Waals surface area contributed by atoms with Gasteiger partial charge in [0.05, 0.1) is 12.7 Å². The molecule has 3 aromatic rings. The Morgan fingerprint density at radius 1 is 1.22 bits per heavy atom. The van der Waals surface area contributed by atoms with Crippen LogP contribution in [0, 0.1) is 0 Å². The molecule has 166 valence electrons. The Kier molecular flexibility index (Phi) is 6.09. The first kappa shape index (κ1) is 21.8. The van der Waals surface area contributed by atoms with Crippen molar-refractivity contribution in [2.45, 2.75) is 19.1 Å². The van der Waals surface area contributed by atoms with Crippen molar-refractivity contribution in [3.63, 3.8) is 0 Å². The topological polar surface area (TPSA) is 63.1 Å². The fraction of sp³-hybridized carbons (Fsp3) is 0.261. The molecule has 1 aromatic carbocycles. The van der Waals surface area contributed by atoms with Gasteiger partial charge < -0.3 is 5.32 Å². The molecule has 1 aliphatic heterocycles. The van der Waals surface area contributed by atoms with E-state index in [9.17, 15) is 18.0 Å². The third-order valence-electron chi connectivity index (χ3n) is 5.25. The molecule has 1 aliphatic rings. The molecule has 0 saturated heterocycles. The minimum Gasteiger partial charge on any atom is -0.323 e. The van der Waals surface area contributed by atoms with Crippen LogP contribution in [0.15, 0.2) is 55.1 Å². The summed E-state index contributed by atoms with van der Waals surface area (Å²) in [6.07, 6.45) is 6.37. The zero-order valence-electron chi connectivity index (χ0n) is 17.4. The molecule has 0 spiro atoms. The third-order valence-corrected chi connectivity index (χ3v) is 5.25. The van der Waals surface area contributed by atoms with Crippen molar-refractivity contribution in [2.75, 3.05) is 18.4 Å². The zero-order valence-corrected chi connectivity index (χ0v) is 17.4. The number of rotatable bonds is 5. The van der Waals surface area contributed by atoms with Crippen LogP contribution >= 0.6 is 0 Å². The number of carbonyl (C=O) groups excluding carboxylic acids is 1. The molecule has 4 rings (SSSR count). The van der Waals surface area contributed by atoms with Crippen molar-refractivity contribution in [2.24, 2.45) is 7.05 Å². The van der Waals surface area contributed by atoms with Gasteiger partial charge in [0, 0.05) is 61.6 Å². The van der Waals surface area contributed by atoms with Crippen LogP contribution in [-0.4, -0.2) is 44.8 Å². The molecule has 0 aliphatic carbocycles. The predicted molar refractivity (Wildman–Crippen MR) is 116 cm³/mol. The molecule has 1 N–H and O–H groups in total. The van der Waals surface area contributed by atoms with Crippen LogP contribution in [0.25, 0.3) is 17.2 Å². The largest absolute Gasteiger partial charge is 0.401 e. The normalized spacial score (nSPS) is 14.5. The standard InChI is InChI=1S/C23H22F3N5O/c1-30-13-19(12-28-30)21-6-8-27-11-17(21)3-5-22(32)29-20-4-2-16-7-9-31(14-18(16)10-20)15-23(24,25)26/h2-6,8,10-13H,7,9,14-15H2,1H3,(H,29,32). The van der Waals surface area contributed by atoms with Gasteiger partial charge in [-0.05, 0) is 47.4 Å². The van der Waals surface area contributed by atoms with E-state index in [1.807, 2.05) is 25.4 Å². The van der Waals surface area contributed by atoms with Gasteiger partial charge in [-0.1, -0.05) is 6.07 Å². The SMILES string of the molecule is Cn1cc(-c2ccncc2C=CC(=O)Nc2ccc3c(c2)CN(CC(F)(F)F)CC3)cn1. The molecular formula is C23H22F3N5O. The zero-order chi connectivity index (χ0) is 22.7. The van der Waals surface area contributed by atoms with Gasteiger partial charge in [-0.2, -0.15) is 18.3 Å². The van der Waals surface area contributed by atoms with Crippen LogP contribution in [0.5, 0.6) is 0 Å². The highest BCUT2D eigenvalue weighted by molar-refractivity contribution is 6.02. The number of benzene rings is 1. The molecule has 9 heteroatoms. The number of carbonyl (C=O) groups is 1. The Balaban J connectivity index is 1.45. The number of aromatic nitrogens is 3. The number of halogens is 3. The van der Waals surface area contributed by atoms with Crippen LogP contribution in [0.2, 0.25) is 0 Å². The maximum absolute atomic E-state index is 12.7. The van der Waals surface area contributed by atoms with E-state index in [0.717, 1.165) is 27.8 Å². The monoisotopic (exact) mass is 441 g/mol. The highest BCUT2D eigenvalue weighted by Crippen LogP contribution is 2.26. The Labute approximate surface area is 183 Å². The first-order valence-electron chi connectivity index (χ1n) is 10.1. The van der Waals surface area contributed by atoms with Gasteiger partial charge in [0.1, 0.15) is 0 Å². The first-order chi connectivity index (χ1) is 15.3. The number of amides is 1. The highest BCUT2D eigenvalue weighted by atomic mass is 19.4. The van der Waals surface area contributed by atoms with Crippen molar-refractivity contribution in [1.82, 2.24) is 19.7 Å². The first-order valence-corrected chi connectivity index (χ1v) is 10.1. The molecule has 0 radical (unpaired) electrons. The second kappa shape index (κ2) is 8.96. The van der Waals surface area contributed by atoms with E-state index in [1.54, 1.807) is 41.5 Å². The molecule has 6 nitrogen and oxygen atoms in total. The van der Waals surface area contributed by atoms with Crippen molar-refractivity contribution >= 4 is 17.7 Å². The molecule has 2 aromatic heterocycles. The lowest BCUT2D eigenvalue weighted by Gasteiger charge is -2.29. The van der Waals surface area contributed by atoms with E-state index in [1.165, 1.54) is 11.0 Å². The fourth-order valence-corrected chi connectivity index (χ4v) is 3.79. The summed E-state index contributed by atoms with van der Waals surface area (Å²) in [5.41, 5.74) is 4.93. The Hall–Kier alpha value is -3.46. The van der Waals surface area contributed by atoms with Gasteiger partial charge in [0.25, 0.3) is 0 Å². The smallest absolute Gasteiger partial charge is 0.323 e. The van der Waals surface area contributed by atoms with Gasteiger partial charge in [-0.15, -0.1) is 0 Å². The summed E-state index contributed by atoms with van der Waals surface area (Å²) < 4.78 is 39.8. The van der Waals surface area contributed by atoms with Gasteiger partial charge in [-0.25, -0.2) is 0 Å². The number of fused-ring (bicyclic) bond motifs is 1. The number of nitrogens with one attached hydrogen (secondary N) is 1. The third kappa shape index (κ3) is 5.42. The van der Waals surface area contributed by atoms with E-state index in [2.05, 4.69) is 15.4 Å². The van der Waals surface area contributed by atoms with Crippen LogP contribution in [0.3, 0.4) is 0 Å². The molecule has 32 heavy (non-hydrogen) atoms. The van der Waals surface area contributed by atoms with E-state index in [-0.39, 0.29) is 12.5 Å². The van der Waals surface area contributed by atoms with Crippen LogP contribution in [-0.2, 0) is 24.8 Å². The number of aryl methyl sites for hydroxylation is 1. The van der Waals surface area contributed by atoms with E-state index < -0.39 is 12.7 Å². The lowest BCUT2D eigenvalue weighted by atomic mass is 9.99. The summed E-state index contributed by atoms with van der Waals surface area (Å²) in [6.45, 7) is -0.361. The molecule has 3 heterocycles. The Bertz CT molecular complexity index is 1150. The van der Waals surface area contributed by atoms with Gasteiger partial charge in [0.15, 0.2) is 0 Å². The van der Waals surface area contributed by atoms with Crippen molar-refractivity contribution in [3.8, 4) is 11.1 Å². The van der Waals surface area contributed by atoms with Crippen LogP contribution < -0.4 is 5.32 Å². The molecule has 0 unspecified atom stereocenters. The average molecular weight is 441 g/mol. The average Bonchev–Trinajstić information content (AvgIpc) is 3.17. The number of anilines is 1. The highest BCUT2D eigenvalue weighted by Gasteiger charge is 2.32. The molecule has 0 fully saturated rings. The summed E-state index contributed by atoms with van der Waals surface area (Å²) in [5.74, 6) is -0.339. The van der Waals surface area contributed by atoms with Gasteiger partial charge in [-0.3, -0.25) is 19.4 Å². The van der Waals surface area contributed by atoms with Crippen LogP contribution in [0.1, 0.15) is 16.7 Å². The number of pyridine rings is 1. The van der Waals surface area contributed by atoms with Crippen LogP contribution in [0.4, 0.5) is 18.9 Å². The van der Waals surface area contributed by atoms with E-state index in [4.69, 9.17) is 0 Å². The second-order valence-corrected chi connectivity index (χ2v) is 7.75. The number of hydrogen-bond acceptors (Lipinski definition) is 4. The molecular weight excluding hydrogens is 419 g/mol. The summed E-state index contributed by atoms with van der Waals surface area (Å²) in [5, 5.41) is 6.96. The van der Waals surface area contributed by atoms with Crippen molar-refractivity contribution in [1.29, 1.82) is 0 Å². The summed E-state index contributed by atoms with van der Waals surface area (Å²) in [6, 6.07) is 7.23. The Morgan fingerprint density at radius 2 is 2.06 bits per heavy atom. The molecule has 0 bridgehead atoms. The molecule has 0 atom stereocenters. The van der Waals surface area contributed by atoms with Crippen molar-refractivity contribution < 1.29 is 18.0 Å². The van der Waals surface area contributed by atoms with Gasteiger partial charge in [0.2, 0.25) is 5.91 Å². The minimum atomic E-state index is -4.23. The van der Waals surface area contributed by atoms with E-state index >= 15 is 0 Å². The number of alkyl halides is 3. The lowest BCUT2D eigenvalue weighted by molar-refractivity contribution is -0.147. The predicted octanol–water partition coefficient (Wildman–Crippen LogP) is 4.05. The maximum Gasteiger partial charge on any atom is 0.401 e. The quantitative estimate of drug-likeness (QED) is 0.607. The number of nitrogens with zero attached hydrogens (tertiary/aromatic N) is 4. The molecule has 0 saturated carbocycles. The lowest BCUT2D eigenvalue weighted by Crippen LogP contribution is -2.38. The van der Waals surface area contributed by atoms with E-state index in [0.29, 0.717) is 18.7 Å². The molecule has 1 amide bonds.